The van der Waals surface area contributed by atoms with Crippen LogP contribution in [0.2, 0.25) is 0 Å². The number of ether oxygens (including phenoxy) is 1. The van der Waals surface area contributed by atoms with E-state index in [4.69, 9.17) is 4.74 Å². The average Bonchev–Trinajstić information content (AvgIpc) is 2.37. The first-order valence-corrected chi connectivity index (χ1v) is 7.85. The molecule has 1 amide bonds. The molecule has 118 valence electrons. The topological polar surface area (TPSA) is 41.6 Å². The smallest absolute Gasteiger partial charge is 0.225 e. The number of rotatable bonds is 6. The van der Waals surface area contributed by atoms with Gasteiger partial charge in [0.1, 0.15) is 5.75 Å². The van der Waals surface area contributed by atoms with Crippen molar-refractivity contribution >= 4 is 21.8 Å². The number of hydrogen-bond donors (Lipinski definition) is 1. The molecular formula is C16H25BrN2O2. The predicted octanol–water partition coefficient (Wildman–Crippen LogP) is 3.19. The summed E-state index contributed by atoms with van der Waals surface area (Å²) < 4.78 is 6.71. The number of benzene rings is 1. The molecule has 1 N–H and O–H groups in total. The van der Waals surface area contributed by atoms with Crippen molar-refractivity contribution in [3.8, 4) is 5.75 Å². The zero-order valence-electron chi connectivity index (χ0n) is 13.5. The number of halogens is 1. The molecule has 0 spiro atoms. The van der Waals surface area contributed by atoms with E-state index in [1.807, 2.05) is 18.2 Å². The van der Waals surface area contributed by atoms with Gasteiger partial charge in [-0.2, -0.15) is 0 Å². The number of nitrogens with zero attached hydrogens (tertiary/aromatic N) is 1. The van der Waals surface area contributed by atoms with Gasteiger partial charge in [0.25, 0.3) is 0 Å². The Kier molecular flexibility index (Phi) is 6.68. The summed E-state index contributed by atoms with van der Waals surface area (Å²) in [7, 11) is 3.50. The molecule has 0 aliphatic heterocycles. The third-order valence-corrected chi connectivity index (χ3v) is 3.68. The highest BCUT2D eigenvalue weighted by Gasteiger charge is 2.11. The van der Waals surface area contributed by atoms with Gasteiger partial charge in [-0.25, -0.2) is 0 Å². The van der Waals surface area contributed by atoms with E-state index in [1.165, 1.54) is 0 Å². The summed E-state index contributed by atoms with van der Waals surface area (Å²) in [4.78, 5) is 13.1. The third-order valence-electron chi connectivity index (χ3n) is 2.91. The fraction of sp³-hybridized carbons (Fsp3) is 0.562. The minimum atomic E-state index is 0.0639. The molecule has 0 saturated heterocycles. The van der Waals surface area contributed by atoms with Gasteiger partial charge >= 0.3 is 0 Å². The Morgan fingerprint density at radius 1 is 1.33 bits per heavy atom. The van der Waals surface area contributed by atoms with E-state index in [0.29, 0.717) is 13.0 Å². The standard InChI is InChI=1S/C16H25BrN2O2/c1-16(2,3)18-11-12-10-13(6-7-14(12)17)21-9-8-15(20)19(4)5/h6-7,10,18H,8-9,11H2,1-5H3. The molecule has 0 atom stereocenters. The van der Waals surface area contributed by atoms with Crippen molar-refractivity contribution in [2.24, 2.45) is 0 Å². The Bertz CT molecular complexity index is 482. The van der Waals surface area contributed by atoms with Crippen molar-refractivity contribution in [3.63, 3.8) is 0 Å². The molecule has 1 rings (SSSR count). The minimum absolute atomic E-state index is 0.0639. The Hall–Kier alpha value is -1.07. The lowest BCUT2D eigenvalue weighted by molar-refractivity contribution is -0.129. The zero-order valence-corrected chi connectivity index (χ0v) is 15.1. The van der Waals surface area contributed by atoms with E-state index < -0.39 is 0 Å². The van der Waals surface area contributed by atoms with Gasteiger partial charge in [0, 0.05) is 30.7 Å². The molecule has 0 aromatic heterocycles. The molecule has 0 saturated carbocycles. The predicted molar refractivity (Wildman–Crippen MR) is 89.5 cm³/mol. The van der Waals surface area contributed by atoms with Crippen LogP contribution in [0.3, 0.4) is 0 Å². The third kappa shape index (κ3) is 6.96. The maximum absolute atomic E-state index is 11.5. The fourth-order valence-electron chi connectivity index (χ4n) is 1.62. The maximum atomic E-state index is 11.5. The molecular weight excluding hydrogens is 332 g/mol. The summed E-state index contributed by atoms with van der Waals surface area (Å²) in [5.74, 6) is 0.859. The van der Waals surface area contributed by atoms with Crippen molar-refractivity contribution < 1.29 is 9.53 Å². The first-order chi connectivity index (χ1) is 9.69. The average molecular weight is 357 g/mol. The van der Waals surface area contributed by atoms with E-state index in [1.54, 1.807) is 19.0 Å². The number of nitrogens with one attached hydrogen (secondary N) is 1. The normalized spacial score (nSPS) is 11.3. The second-order valence-corrected chi connectivity index (χ2v) is 7.10. The van der Waals surface area contributed by atoms with Gasteiger partial charge in [-0.3, -0.25) is 4.79 Å². The first-order valence-electron chi connectivity index (χ1n) is 7.05. The molecule has 5 heteroatoms. The number of amides is 1. The van der Waals surface area contributed by atoms with Gasteiger partial charge in [-0.05, 0) is 44.5 Å². The molecule has 0 unspecified atom stereocenters. The van der Waals surface area contributed by atoms with Crippen molar-refractivity contribution in [2.75, 3.05) is 20.7 Å². The van der Waals surface area contributed by atoms with Crippen LogP contribution in [0.4, 0.5) is 0 Å². The zero-order chi connectivity index (χ0) is 16.0. The van der Waals surface area contributed by atoms with Crippen molar-refractivity contribution in [2.45, 2.75) is 39.3 Å². The molecule has 0 aliphatic rings. The molecule has 4 nitrogen and oxygen atoms in total. The van der Waals surface area contributed by atoms with E-state index in [-0.39, 0.29) is 11.4 Å². The number of carbonyl (C=O) groups excluding carboxylic acids is 1. The van der Waals surface area contributed by atoms with Crippen LogP contribution in [-0.4, -0.2) is 37.0 Å². The first kappa shape index (κ1) is 18.0. The lowest BCUT2D eigenvalue weighted by Crippen LogP contribution is -2.35. The van der Waals surface area contributed by atoms with Crippen LogP contribution in [-0.2, 0) is 11.3 Å². The van der Waals surface area contributed by atoms with Gasteiger partial charge in [0.2, 0.25) is 5.91 Å². The van der Waals surface area contributed by atoms with Crippen LogP contribution in [0.5, 0.6) is 5.75 Å². The van der Waals surface area contributed by atoms with Crippen LogP contribution >= 0.6 is 15.9 Å². The monoisotopic (exact) mass is 356 g/mol. The summed E-state index contributed by atoms with van der Waals surface area (Å²) in [5.41, 5.74) is 1.20. The SMILES string of the molecule is CN(C)C(=O)CCOc1ccc(Br)c(CNC(C)(C)C)c1. The highest BCUT2D eigenvalue weighted by molar-refractivity contribution is 9.10. The molecule has 0 bridgehead atoms. The van der Waals surface area contributed by atoms with Gasteiger partial charge in [-0.1, -0.05) is 15.9 Å². The summed E-state index contributed by atoms with van der Waals surface area (Å²) in [6.07, 6.45) is 0.388. The fourth-order valence-corrected chi connectivity index (χ4v) is 2.00. The van der Waals surface area contributed by atoms with Gasteiger partial charge < -0.3 is 15.0 Å². The van der Waals surface area contributed by atoms with Crippen LogP contribution in [0.1, 0.15) is 32.8 Å². The highest BCUT2D eigenvalue weighted by atomic mass is 79.9. The molecule has 0 aliphatic carbocycles. The molecule has 1 aromatic rings. The van der Waals surface area contributed by atoms with E-state index >= 15 is 0 Å². The van der Waals surface area contributed by atoms with Gasteiger partial charge in [0.15, 0.2) is 0 Å². The number of carbonyl (C=O) groups is 1. The van der Waals surface area contributed by atoms with E-state index in [0.717, 1.165) is 22.3 Å². The van der Waals surface area contributed by atoms with E-state index in [9.17, 15) is 4.79 Å². The second-order valence-electron chi connectivity index (χ2n) is 6.24. The summed E-state index contributed by atoms with van der Waals surface area (Å²) in [6, 6.07) is 5.89. The summed E-state index contributed by atoms with van der Waals surface area (Å²) >= 11 is 3.55. The largest absolute Gasteiger partial charge is 0.493 e. The Morgan fingerprint density at radius 3 is 2.57 bits per heavy atom. The Labute approximate surface area is 136 Å². The summed E-state index contributed by atoms with van der Waals surface area (Å²) in [5, 5.41) is 3.45. The molecule has 1 aromatic carbocycles. The highest BCUT2D eigenvalue weighted by Crippen LogP contribution is 2.23. The lowest BCUT2D eigenvalue weighted by Gasteiger charge is -2.21. The number of hydrogen-bond acceptors (Lipinski definition) is 3. The molecule has 0 heterocycles. The molecule has 0 fully saturated rings. The van der Waals surface area contributed by atoms with Crippen LogP contribution in [0.25, 0.3) is 0 Å². The van der Waals surface area contributed by atoms with Crippen molar-refractivity contribution in [3.05, 3.63) is 28.2 Å². The summed E-state index contributed by atoms with van der Waals surface area (Å²) in [6.45, 7) is 7.55. The maximum Gasteiger partial charge on any atom is 0.225 e. The molecule has 0 radical (unpaired) electrons. The second kappa shape index (κ2) is 7.80. The van der Waals surface area contributed by atoms with Crippen LogP contribution in [0, 0.1) is 0 Å². The van der Waals surface area contributed by atoms with Gasteiger partial charge in [0.05, 0.1) is 13.0 Å². The Balaban J connectivity index is 2.58. The van der Waals surface area contributed by atoms with Gasteiger partial charge in [-0.15, -0.1) is 0 Å². The Morgan fingerprint density at radius 2 is 2.00 bits per heavy atom. The van der Waals surface area contributed by atoms with Crippen molar-refractivity contribution in [1.29, 1.82) is 0 Å². The van der Waals surface area contributed by atoms with E-state index in [2.05, 4.69) is 42.0 Å². The lowest BCUT2D eigenvalue weighted by atomic mass is 10.1. The minimum Gasteiger partial charge on any atom is -0.493 e. The van der Waals surface area contributed by atoms with Crippen LogP contribution < -0.4 is 10.1 Å². The quantitative estimate of drug-likeness (QED) is 0.850. The molecule has 21 heavy (non-hydrogen) atoms. The van der Waals surface area contributed by atoms with Crippen LogP contribution in [0.15, 0.2) is 22.7 Å². The van der Waals surface area contributed by atoms with Crippen molar-refractivity contribution in [1.82, 2.24) is 10.2 Å².